The van der Waals surface area contributed by atoms with Crippen molar-refractivity contribution in [3.8, 4) is 11.3 Å². The smallest absolute Gasteiger partial charge is 0.412 e. The van der Waals surface area contributed by atoms with E-state index in [2.05, 4.69) is 4.98 Å². The lowest BCUT2D eigenvalue weighted by Gasteiger charge is -2.22. The Morgan fingerprint density at radius 1 is 0.897 bits per heavy atom. The topological polar surface area (TPSA) is 70.5 Å². The third-order valence-electron chi connectivity index (χ3n) is 4.79. The van der Waals surface area contributed by atoms with Crippen LogP contribution in [0.15, 0.2) is 84.9 Å². The number of carboxylic acid groups (broad SMARTS) is 1. The van der Waals surface area contributed by atoms with Crippen molar-refractivity contribution in [2.24, 2.45) is 0 Å². The zero-order valence-electron chi connectivity index (χ0n) is 15.5. The number of aldehydes is 1. The Balaban J connectivity index is 1.90. The van der Waals surface area contributed by atoms with Crippen molar-refractivity contribution >= 4 is 28.8 Å². The molecule has 1 amide bonds. The Kier molecular flexibility index (Phi) is 5.03. The molecule has 4 rings (SSSR count). The molecule has 0 aliphatic carbocycles. The summed E-state index contributed by atoms with van der Waals surface area (Å²) in [6.07, 6.45) is -0.327. The first-order valence-corrected chi connectivity index (χ1v) is 9.16. The van der Waals surface area contributed by atoms with Crippen LogP contribution in [0.2, 0.25) is 0 Å². The maximum absolute atomic E-state index is 12.0. The molecule has 0 aliphatic heterocycles. The summed E-state index contributed by atoms with van der Waals surface area (Å²) in [5.41, 5.74) is 3.20. The molecule has 0 radical (unpaired) electrons. The van der Waals surface area contributed by atoms with E-state index in [4.69, 9.17) is 0 Å². The number of para-hydroxylation sites is 1. The summed E-state index contributed by atoms with van der Waals surface area (Å²) in [5.74, 6) is 0. The number of fused-ring (bicyclic) bond motifs is 1. The van der Waals surface area contributed by atoms with Crippen molar-refractivity contribution < 1.29 is 14.7 Å². The molecule has 3 aromatic carbocycles. The summed E-state index contributed by atoms with van der Waals surface area (Å²) < 4.78 is 0. The van der Waals surface area contributed by atoms with E-state index in [0.29, 0.717) is 23.4 Å². The highest BCUT2D eigenvalue weighted by molar-refractivity contribution is 5.98. The van der Waals surface area contributed by atoms with E-state index in [-0.39, 0.29) is 6.54 Å². The summed E-state index contributed by atoms with van der Waals surface area (Å²) in [5, 5.41) is 11.8. The Hall–Kier alpha value is -3.99. The lowest BCUT2D eigenvalue weighted by atomic mass is 9.95. The van der Waals surface area contributed by atoms with Crippen LogP contribution in [-0.2, 0) is 6.54 Å². The van der Waals surface area contributed by atoms with E-state index >= 15 is 0 Å². The summed E-state index contributed by atoms with van der Waals surface area (Å²) >= 11 is 0. The lowest BCUT2D eigenvalue weighted by Crippen LogP contribution is -2.28. The van der Waals surface area contributed by atoms with E-state index in [9.17, 15) is 14.7 Å². The Morgan fingerprint density at radius 3 is 2.41 bits per heavy atom. The van der Waals surface area contributed by atoms with Crippen LogP contribution >= 0.6 is 0 Å². The number of nitrogens with zero attached hydrogens (tertiary/aromatic N) is 2. The predicted molar refractivity (Wildman–Crippen MR) is 113 cm³/mol. The van der Waals surface area contributed by atoms with Crippen LogP contribution in [0.3, 0.4) is 0 Å². The van der Waals surface area contributed by atoms with Crippen LogP contribution in [0.1, 0.15) is 16.1 Å². The van der Waals surface area contributed by atoms with Crippen LogP contribution in [0.25, 0.3) is 22.0 Å². The maximum atomic E-state index is 12.0. The number of carbonyl (C=O) groups excluding carboxylic acids is 1. The van der Waals surface area contributed by atoms with Gasteiger partial charge in [-0.3, -0.25) is 9.69 Å². The second-order valence-corrected chi connectivity index (χ2v) is 6.59. The zero-order chi connectivity index (χ0) is 20.2. The largest absolute Gasteiger partial charge is 0.465 e. The van der Waals surface area contributed by atoms with E-state index in [1.165, 1.54) is 4.90 Å². The summed E-state index contributed by atoms with van der Waals surface area (Å²) in [7, 11) is 0. The number of benzene rings is 3. The van der Waals surface area contributed by atoms with Gasteiger partial charge in [0.15, 0.2) is 6.29 Å². The summed E-state index contributed by atoms with van der Waals surface area (Å²) in [4.78, 5) is 29.0. The Morgan fingerprint density at radius 2 is 1.66 bits per heavy atom. The number of aromatic nitrogens is 1. The molecule has 0 unspecified atom stereocenters. The van der Waals surface area contributed by atoms with Crippen LogP contribution in [0.4, 0.5) is 10.5 Å². The van der Waals surface area contributed by atoms with Gasteiger partial charge in [-0.15, -0.1) is 0 Å². The Bertz CT molecular complexity index is 1190. The third-order valence-corrected chi connectivity index (χ3v) is 4.79. The molecule has 4 aromatic rings. The first kappa shape index (κ1) is 18.4. The molecule has 0 bridgehead atoms. The van der Waals surface area contributed by atoms with Crippen molar-refractivity contribution in [3.63, 3.8) is 0 Å². The highest BCUT2D eigenvalue weighted by Gasteiger charge is 2.19. The molecule has 1 aromatic heterocycles. The van der Waals surface area contributed by atoms with Crippen LogP contribution in [0, 0.1) is 0 Å². The fraction of sp³-hybridized carbons (Fsp3) is 0.0417. The van der Waals surface area contributed by atoms with Gasteiger partial charge in [0.25, 0.3) is 0 Å². The first-order chi connectivity index (χ1) is 14.2. The molecule has 29 heavy (non-hydrogen) atoms. The SMILES string of the molecule is O=Cc1cccc(-c2c(CN(C(=O)O)c3ccccc3)ccc3ccccc23)n1. The number of pyridine rings is 1. The van der Waals surface area contributed by atoms with E-state index < -0.39 is 6.09 Å². The van der Waals surface area contributed by atoms with Gasteiger partial charge in [-0.25, -0.2) is 9.78 Å². The minimum Gasteiger partial charge on any atom is -0.465 e. The van der Waals surface area contributed by atoms with Gasteiger partial charge < -0.3 is 5.11 Å². The number of hydrogen-bond acceptors (Lipinski definition) is 3. The molecule has 0 spiro atoms. The molecular weight excluding hydrogens is 364 g/mol. The molecule has 142 valence electrons. The first-order valence-electron chi connectivity index (χ1n) is 9.16. The fourth-order valence-electron chi connectivity index (χ4n) is 3.45. The average Bonchev–Trinajstić information content (AvgIpc) is 2.77. The second kappa shape index (κ2) is 7.94. The van der Waals surface area contributed by atoms with Crippen molar-refractivity contribution in [1.82, 2.24) is 4.98 Å². The second-order valence-electron chi connectivity index (χ2n) is 6.59. The van der Waals surface area contributed by atoms with E-state index in [1.54, 1.807) is 24.3 Å². The minimum absolute atomic E-state index is 0.159. The molecular formula is C24H18N2O3. The molecule has 1 heterocycles. The van der Waals surface area contributed by atoms with E-state index in [0.717, 1.165) is 21.9 Å². The summed E-state index contributed by atoms with van der Waals surface area (Å²) in [6, 6.07) is 26.0. The van der Waals surface area contributed by atoms with Crippen LogP contribution in [0.5, 0.6) is 0 Å². The molecule has 0 fully saturated rings. The van der Waals surface area contributed by atoms with Gasteiger partial charge in [0.1, 0.15) is 5.69 Å². The quantitative estimate of drug-likeness (QED) is 0.469. The summed E-state index contributed by atoms with van der Waals surface area (Å²) in [6.45, 7) is 0.159. The highest BCUT2D eigenvalue weighted by atomic mass is 16.4. The number of anilines is 1. The fourth-order valence-corrected chi connectivity index (χ4v) is 3.45. The normalized spacial score (nSPS) is 10.6. The van der Waals surface area contributed by atoms with Gasteiger partial charge in [0.2, 0.25) is 0 Å². The van der Waals surface area contributed by atoms with Crippen molar-refractivity contribution in [2.75, 3.05) is 4.90 Å². The van der Waals surface area contributed by atoms with Crippen LogP contribution < -0.4 is 4.90 Å². The molecule has 0 aliphatic rings. The van der Waals surface area contributed by atoms with Gasteiger partial charge >= 0.3 is 6.09 Å². The van der Waals surface area contributed by atoms with Gasteiger partial charge in [-0.1, -0.05) is 60.7 Å². The number of amides is 1. The third kappa shape index (κ3) is 3.71. The van der Waals surface area contributed by atoms with Gasteiger partial charge in [0.05, 0.1) is 12.2 Å². The molecule has 0 saturated carbocycles. The predicted octanol–water partition coefficient (Wildman–Crippen LogP) is 5.40. The van der Waals surface area contributed by atoms with Gasteiger partial charge in [-0.05, 0) is 40.6 Å². The number of carbonyl (C=O) groups is 2. The minimum atomic E-state index is -1.04. The molecule has 5 nitrogen and oxygen atoms in total. The van der Waals surface area contributed by atoms with Crippen LogP contribution in [-0.4, -0.2) is 22.5 Å². The monoisotopic (exact) mass is 382 g/mol. The van der Waals surface area contributed by atoms with Crippen molar-refractivity contribution in [3.05, 3.63) is 96.2 Å². The maximum Gasteiger partial charge on any atom is 0.412 e. The molecule has 0 saturated heterocycles. The molecule has 5 heteroatoms. The lowest BCUT2D eigenvalue weighted by molar-refractivity contribution is 0.111. The van der Waals surface area contributed by atoms with Crippen molar-refractivity contribution in [1.29, 1.82) is 0 Å². The molecule has 1 N–H and O–H groups in total. The average molecular weight is 382 g/mol. The van der Waals surface area contributed by atoms with Gasteiger partial charge in [-0.2, -0.15) is 0 Å². The standard InChI is InChI=1S/C24H18N2O3/c27-16-19-8-6-12-22(25-19)23-18(14-13-17-7-4-5-11-21(17)23)15-26(24(28)29)20-9-2-1-3-10-20/h1-14,16H,15H2,(H,28,29). The van der Waals surface area contributed by atoms with E-state index in [1.807, 2.05) is 60.7 Å². The number of rotatable bonds is 5. The van der Waals surface area contributed by atoms with Crippen molar-refractivity contribution in [2.45, 2.75) is 6.54 Å². The Labute approximate surface area is 167 Å². The van der Waals surface area contributed by atoms with Gasteiger partial charge in [0, 0.05) is 11.3 Å². The molecule has 0 atom stereocenters. The zero-order valence-corrected chi connectivity index (χ0v) is 15.5. The highest BCUT2D eigenvalue weighted by Crippen LogP contribution is 2.33. The number of hydrogen-bond donors (Lipinski definition) is 1.